The Balaban J connectivity index is 1.41. The van der Waals surface area contributed by atoms with Gasteiger partial charge in [-0.05, 0) is 18.1 Å². The zero-order valence-corrected chi connectivity index (χ0v) is 14.5. The quantitative estimate of drug-likeness (QED) is 0.796. The van der Waals surface area contributed by atoms with E-state index in [0.29, 0.717) is 0 Å². The van der Waals surface area contributed by atoms with Crippen molar-refractivity contribution in [2.45, 2.75) is 19.0 Å². The van der Waals surface area contributed by atoms with E-state index in [9.17, 15) is 4.79 Å². The Bertz CT molecular complexity index is 885. The summed E-state index contributed by atoms with van der Waals surface area (Å²) in [6.45, 7) is 2.88. The van der Waals surface area contributed by atoms with Gasteiger partial charge in [0.15, 0.2) is 0 Å². The monoisotopic (exact) mass is 333 g/mol. The van der Waals surface area contributed by atoms with Gasteiger partial charge in [0, 0.05) is 49.8 Å². The van der Waals surface area contributed by atoms with Gasteiger partial charge in [-0.2, -0.15) is 0 Å². The summed E-state index contributed by atoms with van der Waals surface area (Å²) in [6.07, 6.45) is 2.93. The summed E-state index contributed by atoms with van der Waals surface area (Å²) in [6, 6.07) is 18.8. The Morgan fingerprint density at radius 2 is 1.88 bits per heavy atom. The lowest BCUT2D eigenvalue weighted by Crippen LogP contribution is -2.36. The molecule has 1 amide bonds. The number of carbonyl (C=O) groups is 1. The first-order valence-corrected chi connectivity index (χ1v) is 8.82. The van der Waals surface area contributed by atoms with Crippen molar-refractivity contribution >= 4 is 16.8 Å². The Hall–Kier alpha value is -2.59. The van der Waals surface area contributed by atoms with Crippen LogP contribution in [0.2, 0.25) is 0 Å². The number of aryl methyl sites for hydroxylation is 1. The van der Waals surface area contributed by atoms with Crippen LogP contribution in [0, 0.1) is 0 Å². The number of nitrogens with one attached hydrogen (secondary N) is 1. The summed E-state index contributed by atoms with van der Waals surface area (Å²) >= 11 is 0. The molecule has 0 radical (unpaired) electrons. The largest absolute Gasteiger partial charge is 0.350 e. The van der Waals surface area contributed by atoms with E-state index >= 15 is 0 Å². The fourth-order valence-corrected chi connectivity index (χ4v) is 3.72. The normalized spacial score (nSPS) is 17.9. The summed E-state index contributed by atoms with van der Waals surface area (Å²) in [4.78, 5) is 15.2. The summed E-state index contributed by atoms with van der Waals surface area (Å²) in [5.74, 6) is 0.0309. The molecule has 1 fully saturated rings. The molecule has 4 heteroatoms. The number of rotatable bonds is 4. The van der Waals surface area contributed by atoms with E-state index in [4.69, 9.17) is 0 Å². The number of benzene rings is 2. The predicted molar refractivity (Wildman–Crippen MR) is 101 cm³/mol. The molecule has 1 unspecified atom stereocenters. The van der Waals surface area contributed by atoms with Crippen LogP contribution in [0.5, 0.6) is 0 Å². The van der Waals surface area contributed by atoms with E-state index in [0.717, 1.165) is 42.5 Å². The molecule has 0 bridgehead atoms. The van der Waals surface area contributed by atoms with Gasteiger partial charge in [-0.3, -0.25) is 9.69 Å². The van der Waals surface area contributed by atoms with Gasteiger partial charge in [-0.25, -0.2) is 0 Å². The Kier molecular flexibility index (Phi) is 4.28. The molecule has 4 nitrogen and oxygen atoms in total. The Morgan fingerprint density at radius 1 is 1.12 bits per heavy atom. The third-order valence-corrected chi connectivity index (χ3v) is 5.00. The van der Waals surface area contributed by atoms with Crippen LogP contribution in [0.25, 0.3) is 10.9 Å². The van der Waals surface area contributed by atoms with Crippen molar-refractivity contribution in [3.63, 3.8) is 0 Å². The minimum Gasteiger partial charge on any atom is -0.350 e. The molecular formula is C21H23N3O. The smallest absolute Gasteiger partial charge is 0.253 e. The Morgan fingerprint density at radius 3 is 2.72 bits per heavy atom. The molecule has 128 valence electrons. The topological polar surface area (TPSA) is 37.3 Å². The first-order valence-electron chi connectivity index (χ1n) is 8.82. The summed E-state index contributed by atoms with van der Waals surface area (Å²) in [5.41, 5.74) is 3.17. The molecule has 1 saturated heterocycles. The number of hydrogen-bond donors (Lipinski definition) is 1. The van der Waals surface area contributed by atoms with Gasteiger partial charge in [0.1, 0.15) is 0 Å². The lowest BCUT2D eigenvalue weighted by atomic mass is 10.1. The number of para-hydroxylation sites is 1. The molecule has 3 aromatic rings. The second kappa shape index (κ2) is 6.73. The van der Waals surface area contributed by atoms with E-state index in [1.807, 2.05) is 48.1 Å². The minimum atomic E-state index is 0.0309. The molecule has 0 spiro atoms. The van der Waals surface area contributed by atoms with Crippen LogP contribution in [0.1, 0.15) is 22.3 Å². The maximum Gasteiger partial charge on any atom is 0.253 e. The maximum atomic E-state index is 12.7. The molecule has 1 N–H and O–H groups in total. The highest BCUT2D eigenvalue weighted by Gasteiger charge is 2.25. The van der Waals surface area contributed by atoms with Crippen LogP contribution in [-0.2, 0) is 13.6 Å². The van der Waals surface area contributed by atoms with Crippen molar-refractivity contribution in [2.75, 3.05) is 13.1 Å². The summed E-state index contributed by atoms with van der Waals surface area (Å²) in [5, 5.41) is 4.24. The molecular weight excluding hydrogens is 310 g/mol. The van der Waals surface area contributed by atoms with Crippen molar-refractivity contribution in [3.05, 3.63) is 71.9 Å². The molecule has 25 heavy (non-hydrogen) atoms. The van der Waals surface area contributed by atoms with Crippen molar-refractivity contribution < 1.29 is 4.79 Å². The van der Waals surface area contributed by atoms with Gasteiger partial charge < -0.3 is 9.88 Å². The average Bonchev–Trinajstić information content (AvgIpc) is 3.21. The zero-order valence-electron chi connectivity index (χ0n) is 14.5. The SMILES string of the molecule is Cn1cc(C(=O)NC2CCN(Cc3ccccc3)C2)c2ccccc21. The van der Waals surface area contributed by atoms with E-state index in [1.165, 1.54) is 5.56 Å². The first-order chi connectivity index (χ1) is 12.2. The lowest BCUT2D eigenvalue weighted by Gasteiger charge is -2.16. The fourth-order valence-electron chi connectivity index (χ4n) is 3.72. The molecule has 2 heterocycles. The number of aromatic nitrogens is 1. The highest BCUT2D eigenvalue weighted by atomic mass is 16.1. The van der Waals surface area contributed by atoms with Crippen molar-refractivity contribution in [3.8, 4) is 0 Å². The number of fused-ring (bicyclic) bond motifs is 1. The standard InChI is InChI=1S/C21H23N3O/c1-23-15-19(18-9-5-6-10-20(18)23)21(25)22-17-11-12-24(14-17)13-16-7-3-2-4-8-16/h2-10,15,17H,11-14H2,1H3,(H,22,25). The second-order valence-corrected chi connectivity index (χ2v) is 6.85. The molecule has 2 aromatic carbocycles. The maximum absolute atomic E-state index is 12.7. The van der Waals surface area contributed by atoms with E-state index in [2.05, 4.69) is 34.5 Å². The number of carbonyl (C=O) groups excluding carboxylic acids is 1. The molecule has 1 aromatic heterocycles. The molecule has 4 rings (SSSR count). The first kappa shape index (κ1) is 15.9. The predicted octanol–water partition coefficient (Wildman–Crippen LogP) is 3.18. The van der Waals surface area contributed by atoms with Crippen molar-refractivity contribution in [1.82, 2.24) is 14.8 Å². The summed E-state index contributed by atoms with van der Waals surface area (Å²) < 4.78 is 2.01. The molecule has 0 aliphatic carbocycles. The summed E-state index contributed by atoms with van der Waals surface area (Å²) in [7, 11) is 1.98. The minimum absolute atomic E-state index is 0.0309. The molecule has 0 saturated carbocycles. The van der Waals surface area contributed by atoms with Gasteiger partial charge in [0.25, 0.3) is 5.91 Å². The fraction of sp³-hybridized carbons (Fsp3) is 0.286. The number of likely N-dealkylation sites (tertiary alicyclic amines) is 1. The number of amides is 1. The van der Waals surface area contributed by atoms with Crippen LogP contribution in [0.4, 0.5) is 0 Å². The van der Waals surface area contributed by atoms with Crippen molar-refractivity contribution in [1.29, 1.82) is 0 Å². The molecule has 1 atom stereocenters. The third-order valence-electron chi connectivity index (χ3n) is 5.00. The Labute approximate surface area is 148 Å². The zero-order chi connectivity index (χ0) is 17.2. The van der Waals surface area contributed by atoms with E-state index in [1.54, 1.807) is 0 Å². The molecule has 1 aliphatic heterocycles. The van der Waals surface area contributed by atoms with Crippen LogP contribution >= 0.6 is 0 Å². The highest BCUT2D eigenvalue weighted by Crippen LogP contribution is 2.21. The number of nitrogens with zero attached hydrogens (tertiary/aromatic N) is 2. The van der Waals surface area contributed by atoms with Crippen LogP contribution in [-0.4, -0.2) is 34.5 Å². The van der Waals surface area contributed by atoms with Gasteiger partial charge in [-0.1, -0.05) is 48.5 Å². The number of hydrogen-bond acceptors (Lipinski definition) is 2. The second-order valence-electron chi connectivity index (χ2n) is 6.85. The average molecular weight is 333 g/mol. The van der Waals surface area contributed by atoms with Gasteiger partial charge in [0.05, 0.1) is 5.56 Å². The van der Waals surface area contributed by atoms with Gasteiger partial charge in [0.2, 0.25) is 0 Å². The van der Waals surface area contributed by atoms with E-state index in [-0.39, 0.29) is 11.9 Å². The van der Waals surface area contributed by atoms with Crippen LogP contribution in [0.3, 0.4) is 0 Å². The lowest BCUT2D eigenvalue weighted by molar-refractivity contribution is 0.0939. The third kappa shape index (κ3) is 3.30. The molecule has 1 aliphatic rings. The highest BCUT2D eigenvalue weighted by molar-refractivity contribution is 6.07. The van der Waals surface area contributed by atoms with E-state index < -0.39 is 0 Å². The van der Waals surface area contributed by atoms with Crippen molar-refractivity contribution in [2.24, 2.45) is 7.05 Å². The van der Waals surface area contributed by atoms with Crippen LogP contribution < -0.4 is 5.32 Å². The van der Waals surface area contributed by atoms with Gasteiger partial charge >= 0.3 is 0 Å². The van der Waals surface area contributed by atoms with Crippen LogP contribution in [0.15, 0.2) is 60.8 Å². The van der Waals surface area contributed by atoms with Gasteiger partial charge in [-0.15, -0.1) is 0 Å².